The highest BCUT2D eigenvalue weighted by Crippen LogP contribution is 2.02. The maximum Gasteiger partial charge on any atom is 0.337 e. The van der Waals surface area contributed by atoms with Gasteiger partial charge in [-0.15, -0.1) is 5.06 Å². The lowest BCUT2D eigenvalue weighted by atomic mass is 10.3. The first-order valence-corrected chi connectivity index (χ1v) is 3.66. The number of rotatable bonds is 3. The van der Waals surface area contributed by atoms with E-state index in [1.165, 1.54) is 5.06 Å². The fourth-order valence-electron chi connectivity index (χ4n) is 0.407. The van der Waals surface area contributed by atoms with Gasteiger partial charge in [0.15, 0.2) is 0 Å². The minimum Gasteiger partial charge on any atom is -0.367 e. The topological polar surface area (TPSA) is 29.5 Å². The minimum atomic E-state index is -0.303. The van der Waals surface area contributed by atoms with Gasteiger partial charge in [-0.2, -0.15) is 12.6 Å². The SMILES string of the molecule is CCC(S)C(=O)ON(C)C. The highest BCUT2D eigenvalue weighted by molar-refractivity contribution is 7.81. The zero-order valence-corrected chi connectivity index (χ0v) is 7.39. The molecule has 0 bridgehead atoms. The van der Waals surface area contributed by atoms with Gasteiger partial charge in [-0.05, 0) is 6.42 Å². The van der Waals surface area contributed by atoms with Crippen molar-refractivity contribution in [3.8, 4) is 0 Å². The summed E-state index contributed by atoms with van der Waals surface area (Å²) in [5, 5.41) is 1.06. The van der Waals surface area contributed by atoms with Crippen molar-refractivity contribution in [3.05, 3.63) is 0 Å². The number of hydrogen-bond acceptors (Lipinski definition) is 4. The molecule has 0 heterocycles. The Labute approximate surface area is 66.7 Å². The molecule has 1 atom stereocenters. The van der Waals surface area contributed by atoms with Crippen LogP contribution in [-0.4, -0.2) is 30.4 Å². The summed E-state index contributed by atoms with van der Waals surface area (Å²) in [6.45, 7) is 1.88. The van der Waals surface area contributed by atoms with Crippen molar-refractivity contribution in [1.29, 1.82) is 0 Å². The van der Waals surface area contributed by atoms with Crippen LogP contribution in [0.15, 0.2) is 0 Å². The van der Waals surface area contributed by atoms with Crippen molar-refractivity contribution in [2.24, 2.45) is 0 Å². The van der Waals surface area contributed by atoms with Crippen LogP contribution >= 0.6 is 12.6 Å². The molecule has 0 aliphatic heterocycles. The summed E-state index contributed by atoms with van der Waals surface area (Å²) >= 11 is 4.00. The Morgan fingerprint density at radius 3 is 2.50 bits per heavy atom. The molecular formula is C6H13NO2S. The van der Waals surface area contributed by atoms with Gasteiger partial charge in [-0.3, -0.25) is 0 Å². The molecule has 0 aromatic rings. The van der Waals surface area contributed by atoms with Crippen LogP contribution in [-0.2, 0) is 9.63 Å². The van der Waals surface area contributed by atoms with Crippen LogP contribution in [0.2, 0.25) is 0 Å². The number of carbonyl (C=O) groups is 1. The third-order valence-electron chi connectivity index (χ3n) is 0.931. The monoisotopic (exact) mass is 163 g/mol. The molecule has 4 heteroatoms. The van der Waals surface area contributed by atoms with Gasteiger partial charge in [-0.25, -0.2) is 4.79 Å². The molecule has 3 nitrogen and oxygen atoms in total. The molecule has 0 N–H and O–H groups in total. The highest BCUT2D eigenvalue weighted by atomic mass is 32.1. The van der Waals surface area contributed by atoms with Crippen molar-refractivity contribution in [2.45, 2.75) is 18.6 Å². The smallest absolute Gasteiger partial charge is 0.337 e. The summed E-state index contributed by atoms with van der Waals surface area (Å²) in [6.07, 6.45) is 0.690. The first kappa shape index (κ1) is 9.78. The van der Waals surface area contributed by atoms with E-state index in [2.05, 4.69) is 12.6 Å². The Hall–Kier alpha value is -0.220. The van der Waals surface area contributed by atoms with Crippen LogP contribution in [0.25, 0.3) is 0 Å². The predicted octanol–water partition coefficient (Wildman–Crippen LogP) is 0.715. The molecule has 0 spiro atoms. The van der Waals surface area contributed by atoms with E-state index in [0.717, 1.165) is 0 Å². The maximum atomic E-state index is 10.8. The molecule has 0 amide bonds. The summed E-state index contributed by atoms with van der Waals surface area (Å²) < 4.78 is 0. The van der Waals surface area contributed by atoms with E-state index in [0.29, 0.717) is 6.42 Å². The molecule has 0 saturated heterocycles. The number of hydroxylamine groups is 2. The van der Waals surface area contributed by atoms with Crippen molar-refractivity contribution in [3.63, 3.8) is 0 Å². The normalized spacial score (nSPS) is 13.3. The second-order valence-electron chi connectivity index (χ2n) is 2.15. The molecule has 10 heavy (non-hydrogen) atoms. The van der Waals surface area contributed by atoms with Gasteiger partial charge in [0.25, 0.3) is 0 Å². The summed E-state index contributed by atoms with van der Waals surface area (Å²) in [5.41, 5.74) is 0. The van der Waals surface area contributed by atoms with E-state index in [9.17, 15) is 4.79 Å². The van der Waals surface area contributed by atoms with Crippen molar-refractivity contribution < 1.29 is 9.63 Å². The Balaban J connectivity index is 3.62. The molecule has 0 saturated carbocycles. The van der Waals surface area contributed by atoms with Gasteiger partial charge in [0, 0.05) is 14.1 Å². The second kappa shape index (κ2) is 4.57. The summed E-state index contributed by atoms with van der Waals surface area (Å²) in [5.74, 6) is -0.296. The molecule has 0 rings (SSSR count). The average Bonchev–Trinajstić information content (AvgIpc) is 1.85. The number of thiol groups is 1. The minimum absolute atomic E-state index is 0.296. The molecule has 0 aliphatic rings. The largest absolute Gasteiger partial charge is 0.367 e. The fraction of sp³-hybridized carbons (Fsp3) is 0.833. The van der Waals surface area contributed by atoms with Crippen LogP contribution in [0.5, 0.6) is 0 Å². The first-order valence-electron chi connectivity index (χ1n) is 3.15. The lowest BCUT2D eigenvalue weighted by Gasteiger charge is -2.12. The maximum absolute atomic E-state index is 10.8. The van der Waals surface area contributed by atoms with Gasteiger partial charge in [0.2, 0.25) is 0 Å². The lowest BCUT2D eigenvalue weighted by Crippen LogP contribution is -2.25. The predicted molar refractivity (Wildman–Crippen MR) is 42.8 cm³/mol. The van der Waals surface area contributed by atoms with E-state index < -0.39 is 0 Å². The van der Waals surface area contributed by atoms with Gasteiger partial charge in [0.05, 0.1) is 0 Å². The molecule has 0 fully saturated rings. The number of carbonyl (C=O) groups excluding carboxylic acids is 1. The third kappa shape index (κ3) is 3.74. The molecule has 0 aromatic heterocycles. The van der Waals surface area contributed by atoms with Crippen molar-refractivity contribution >= 4 is 18.6 Å². The number of hydrogen-bond donors (Lipinski definition) is 1. The molecule has 1 unspecified atom stereocenters. The zero-order valence-electron chi connectivity index (χ0n) is 6.50. The van der Waals surface area contributed by atoms with Crippen LogP contribution < -0.4 is 0 Å². The van der Waals surface area contributed by atoms with Crippen LogP contribution in [0, 0.1) is 0 Å². The van der Waals surface area contributed by atoms with Gasteiger partial charge in [-0.1, -0.05) is 6.92 Å². The van der Waals surface area contributed by atoms with Gasteiger partial charge in [0.1, 0.15) is 5.25 Å². The van der Waals surface area contributed by atoms with E-state index >= 15 is 0 Å². The van der Waals surface area contributed by atoms with E-state index in [4.69, 9.17) is 4.84 Å². The fourth-order valence-corrected chi connectivity index (χ4v) is 0.455. The van der Waals surface area contributed by atoms with Crippen molar-refractivity contribution in [1.82, 2.24) is 5.06 Å². The molecule has 0 aliphatic carbocycles. The Morgan fingerprint density at radius 1 is 1.70 bits per heavy atom. The number of nitrogens with zero attached hydrogens (tertiary/aromatic N) is 1. The lowest BCUT2D eigenvalue weighted by molar-refractivity contribution is -0.177. The van der Waals surface area contributed by atoms with Gasteiger partial charge >= 0.3 is 5.97 Å². The summed E-state index contributed by atoms with van der Waals surface area (Å²) in [6, 6.07) is 0. The van der Waals surface area contributed by atoms with Crippen LogP contribution in [0.3, 0.4) is 0 Å². The third-order valence-corrected chi connectivity index (χ3v) is 1.51. The van der Waals surface area contributed by atoms with E-state index in [-0.39, 0.29) is 11.2 Å². The highest BCUT2D eigenvalue weighted by Gasteiger charge is 2.13. The first-order chi connectivity index (χ1) is 4.57. The molecule has 60 valence electrons. The Bertz CT molecular complexity index is 116. The average molecular weight is 163 g/mol. The zero-order chi connectivity index (χ0) is 8.15. The standard InChI is InChI=1S/C6H13NO2S/c1-4-5(10)6(8)9-7(2)3/h5,10H,4H2,1-3H3. The Morgan fingerprint density at radius 2 is 2.20 bits per heavy atom. The quantitative estimate of drug-likeness (QED) is 0.491. The van der Waals surface area contributed by atoms with Crippen LogP contribution in [0.4, 0.5) is 0 Å². The molecule has 0 aromatic carbocycles. The molecule has 0 radical (unpaired) electrons. The van der Waals surface area contributed by atoms with Gasteiger partial charge < -0.3 is 4.84 Å². The Kier molecular flexibility index (Phi) is 4.47. The van der Waals surface area contributed by atoms with E-state index in [1.807, 2.05) is 6.92 Å². The summed E-state index contributed by atoms with van der Waals surface area (Å²) in [4.78, 5) is 15.6. The molecular weight excluding hydrogens is 150 g/mol. The van der Waals surface area contributed by atoms with Crippen molar-refractivity contribution in [2.75, 3.05) is 14.1 Å². The van der Waals surface area contributed by atoms with E-state index in [1.54, 1.807) is 14.1 Å². The second-order valence-corrected chi connectivity index (χ2v) is 2.77. The summed E-state index contributed by atoms with van der Waals surface area (Å²) in [7, 11) is 3.32. The van der Waals surface area contributed by atoms with Crippen LogP contribution in [0.1, 0.15) is 13.3 Å².